The van der Waals surface area contributed by atoms with Gasteiger partial charge in [-0.2, -0.15) is 0 Å². The Balaban J connectivity index is 1.88. The normalized spacial score (nSPS) is 23.1. The second kappa shape index (κ2) is 6.46. The van der Waals surface area contributed by atoms with Crippen LogP contribution < -0.4 is 5.32 Å². The highest BCUT2D eigenvalue weighted by Gasteiger charge is 2.31. The van der Waals surface area contributed by atoms with Crippen molar-refractivity contribution in [3.8, 4) is 0 Å². The average molecular weight is 293 g/mol. The second-order valence-corrected chi connectivity index (χ2v) is 6.69. The van der Waals surface area contributed by atoms with Gasteiger partial charge in [0.05, 0.1) is 0 Å². The summed E-state index contributed by atoms with van der Waals surface area (Å²) in [5, 5.41) is 4.38. The van der Waals surface area contributed by atoms with Crippen LogP contribution in [0.15, 0.2) is 18.2 Å². The van der Waals surface area contributed by atoms with Gasteiger partial charge in [-0.25, -0.2) is 0 Å². The van der Waals surface area contributed by atoms with Gasteiger partial charge in [0.2, 0.25) is 0 Å². The van der Waals surface area contributed by atoms with Crippen LogP contribution in [0.25, 0.3) is 0 Å². The number of nitrogens with one attached hydrogen (secondary N) is 1. The number of halogens is 1. The molecule has 3 heteroatoms. The number of aryl methyl sites for hydroxylation is 1. The lowest BCUT2D eigenvalue weighted by Gasteiger charge is -2.38. The van der Waals surface area contributed by atoms with E-state index in [9.17, 15) is 0 Å². The predicted octanol–water partition coefficient (Wildman–Crippen LogP) is 3.78. The van der Waals surface area contributed by atoms with Crippen LogP contribution in [0, 0.1) is 12.8 Å². The van der Waals surface area contributed by atoms with Crippen LogP contribution in [-0.4, -0.2) is 31.1 Å². The van der Waals surface area contributed by atoms with E-state index in [1.165, 1.54) is 36.8 Å². The molecule has 1 atom stereocenters. The number of rotatable bonds is 3. The lowest BCUT2D eigenvalue weighted by molar-refractivity contribution is 0.125. The van der Waals surface area contributed by atoms with Crippen LogP contribution >= 0.6 is 11.6 Å². The molecule has 1 aliphatic heterocycles. The second-order valence-electron chi connectivity index (χ2n) is 6.28. The molecule has 1 aromatic carbocycles. The fourth-order valence-electron chi connectivity index (χ4n) is 3.81. The van der Waals surface area contributed by atoms with Crippen molar-refractivity contribution in [2.45, 2.75) is 38.6 Å². The lowest BCUT2D eigenvalue weighted by atomic mass is 9.89. The Morgan fingerprint density at radius 1 is 1.20 bits per heavy atom. The molecule has 2 nitrogen and oxygen atoms in total. The number of hydrogen-bond donors (Lipinski definition) is 1. The van der Waals surface area contributed by atoms with Crippen molar-refractivity contribution in [1.29, 1.82) is 0 Å². The molecule has 0 unspecified atom stereocenters. The summed E-state index contributed by atoms with van der Waals surface area (Å²) in [5.74, 6) is 0.812. The van der Waals surface area contributed by atoms with Crippen molar-refractivity contribution >= 4 is 11.6 Å². The topological polar surface area (TPSA) is 15.3 Å². The van der Waals surface area contributed by atoms with E-state index in [4.69, 9.17) is 11.6 Å². The first kappa shape index (κ1) is 14.4. The van der Waals surface area contributed by atoms with Crippen LogP contribution in [-0.2, 0) is 0 Å². The number of nitrogens with zero attached hydrogens (tertiary/aromatic N) is 1. The molecular formula is C17H25ClN2. The van der Waals surface area contributed by atoms with Gasteiger partial charge in [0.15, 0.2) is 0 Å². The molecule has 1 heterocycles. The molecule has 1 aliphatic carbocycles. The van der Waals surface area contributed by atoms with Gasteiger partial charge in [-0.1, -0.05) is 36.6 Å². The molecule has 1 saturated heterocycles. The fourth-order valence-corrected chi connectivity index (χ4v) is 4.00. The van der Waals surface area contributed by atoms with Gasteiger partial charge in [0, 0.05) is 37.2 Å². The maximum atomic E-state index is 6.37. The summed E-state index contributed by atoms with van der Waals surface area (Å²) in [6.07, 6.45) is 5.54. The third kappa shape index (κ3) is 3.03. The summed E-state index contributed by atoms with van der Waals surface area (Å²) in [6.45, 7) is 6.63. The van der Waals surface area contributed by atoms with Crippen LogP contribution in [0.1, 0.15) is 42.9 Å². The van der Waals surface area contributed by atoms with Gasteiger partial charge >= 0.3 is 0 Å². The van der Waals surface area contributed by atoms with E-state index < -0.39 is 0 Å². The molecule has 0 aromatic heterocycles. The van der Waals surface area contributed by atoms with Crippen molar-refractivity contribution in [2.24, 2.45) is 5.92 Å². The van der Waals surface area contributed by atoms with E-state index in [-0.39, 0.29) is 0 Å². The smallest absolute Gasteiger partial charge is 0.0438 e. The minimum absolute atomic E-state index is 0.567. The summed E-state index contributed by atoms with van der Waals surface area (Å²) in [4.78, 5) is 2.67. The molecule has 1 aromatic rings. The maximum Gasteiger partial charge on any atom is 0.0438 e. The third-order valence-corrected chi connectivity index (χ3v) is 5.34. The molecule has 1 saturated carbocycles. The zero-order chi connectivity index (χ0) is 13.9. The minimum atomic E-state index is 0.567. The molecule has 0 spiro atoms. The van der Waals surface area contributed by atoms with Crippen molar-refractivity contribution in [2.75, 3.05) is 26.2 Å². The van der Waals surface area contributed by atoms with Gasteiger partial charge in [-0.05, 0) is 42.9 Å². The van der Waals surface area contributed by atoms with Gasteiger partial charge < -0.3 is 5.32 Å². The minimum Gasteiger partial charge on any atom is -0.314 e. The van der Waals surface area contributed by atoms with Gasteiger partial charge in [0.25, 0.3) is 0 Å². The van der Waals surface area contributed by atoms with Crippen LogP contribution in [0.5, 0.6) is 0 Å². The number of piperazine rings is 1. The zero-order valence-corrected chi connectivity index (χ0v) is 13.1. The summed E-state index contributed by atoms with van der Waals surface area (Å²) in [6, 6.07) is 7.26. The predicted molar refractivity (Wildman–Crippen MR) is 85.3 cm³/mol. The molecule has 20 heavy (non-hydrogen) atoms. The van der Waals surface area contributed by atoms with E-state index in [1.54, 1.807) is 0 Å². The quantitative estimate of drug-likeness (QED) is 0.912. The number of hydrogen-bond acceptors (Lipinski definition) is 2. The maximum absolute atomic E-state index is 6.37. The Hall–Kier alpha value is -0.570. The Kier molecular flexibility index (Phi) is 4.65. The first-order valence-electron chi connectivity index (χ1n) is 7.96. The van der Waals surface area contributed by atoms with Crippen LogP contribution in [0.3, 0.4) is 0 Å². The van der Waals surface area contributed by atoms with Crippen molar-refractivity contribution in [1.82, 2.24) is 10.2 Å². The molecule has 1 N–H and O–H groups in total. The fraction of sp³-hybridized carbons (Fsp3) is 0.647. The molecule has 0 bridgehead atoms. The van der Waals surface area contributed by atoms with Crippen LogP contribution in [0.4, 0.5) is 0 Å². The van der Waals surface area contributed by atoms with Crippen molar-refractivity contribution in [3.05, 3.63) is 34.3 Å². The van der Waals surface area contributed by atoms with E-state index in [0.717, 1.165) is 37.1 Å². The number of benzene rings is 1. The summed E-state index contributed by atoms with van der Waals surface area (Å²) < 4.78 is 0. The van der Waals surface area contributed by atoms with Gasteiger partial charge in [0.1, 0.15) is 0 Å². The van der Waals surface area contributed by atoms with Crippen molar-refractivity contribution < 1.29 is 0 Å². The van der Waals surface area contributed by atoms with Crippen LogP contribution in [0.2, 0.25) is 5.02 Å². The molecule has 110 valence electrons. The Labute approximate surface area is 127 Å². The standard InChI is InChI=1S/C17H25ClN2/c1-13-6-7-15(12-16(13)18)17(14-4-2-3-5-14)20-10-8-19-9-11-20/h6-7,12,14,17,19H,2-5,8-11H2,1H3/t17-/m0/s1. The Morgan fingerprint density at radius 3 is 2.55 bits per heavy atom. The summed E-state index contributed by atoms with van der Waals surface area (Å²) >= 11 is 6.37. The van der Waals surface area contributed by atoms with E-state index in [1.807, 2.05) is 0 Å². The SMILES string of the molecule is Cc1ccc([C@H](C2CCCC2)N2CCNCC2)cc1Cl. The highest BCUT2D eigenvalue weighted by atomic mass is 35.5. The largest absolute Gasteiger partial charge is 0.314 e. The van der Waals surface area contributed by atoms with E-state index in [2.05, 4.69) is 35.3 Å². The first-order valence-corrected chi connectivity index (χ1v) is 8.34. The molecule has 0 radical (unpaired) electrons. The van der Waals surface area contributed by atoms with E-state index in [0.29, 0.717) is 6.04 Å². The van der Waals surface area contributed by atoms with Gasteiger partial charge in [-0.15, -0.1) is 0 Å². The highest BCUT2D eigenvalue weighted by molar-refractivity contribution is 6.31. The molecule has 2 fully saturated rings. The summed E-state index contributed by atoms with van der Waals surface area (Å²) in [7, 11) is 0. The molecule has 2 aliphatic rings. The van der Waals surface area contributed by atoms with E-state index >= 15 is 0 Å². The Bertz CT molecular complexity index is 448. The monoisotopic (exact) mass is 292 g/mol. The Morgan fingerprint density at radius 2 is 1.90 bits per heavy atom. The zero-order valence-electron chi connectivity index (χ0n) is 12.4. The average Bonchev–Trinajstić information content (AvgIpc) is 2.98. The molecule has 0 amide bonds. The highest BCUT2D eigenvalue weighted by Crippen LogP contribution is 2.40. The lowest BCUT2D eigenvalue weighted by Crippen LogP contribution is -2.46. The molecular weight excluding hydrogens is 268 g/mol. The molecule has 3 rings (SSSR count). The first-order chi connectivity index (χ1) is 9.75. The third-order valence-electron chi connectivity index (χ3n) is 4.93. The summed E-state index contributed by atoms with van der Waals surface area (Å²) in [5.41, 5.74) is 2.61. The van der Waals surface area contributed by atoms with Crippen molar-refractivity contribution in [3.63, 3.8) is 0 Å². The van der Waals surface area contributed by atoms with Gasteiger partial charge in [-0.3, -0.25) is 4.90 Å².